The molecule has 3 heterocycles. The van der Waals surface area contributed by atoms with E-state index in [0.717, 1.165) is 27.9 Å². The Kier molecular flexibility index (Phi) is 3.39. The number of fused-ring (bicyclic) bond motifs is 3. The van der Waals surface area contributed by atoms with Gasteiger partial charge in [-0.1, -0.05) is 36.4 Å². The van der Waals surface area contributed by atoms with Gasteiger partial charge in [0.1, 0.15) is 11.4 Å². The summed E-state index contributed by atoms with van der Waals surface area (Å²) in [6.07, 6.45) is -2.69. The maximum atomic E-state index is 12.9. The highest BCUT2D eigenvalue weighted by Gasteiger charge is 2.33. The number of aryl methyl sites for hydroxylation is 1. The summed E-state index contributed by atoms with van der Waals surface area (Å²) < 4.78 is 42.4. The van der Waals surface area contributed by atoms with Crippen LogP contribution in [-0.4, -0.2) is 24.3 Å². The van der Waals surface area contributed by atoms with Crippen LogP contribution in [0.25, 0.3) is 39.1 Å². The minimum absolute atomic E-state index is 0.141. The van der Waals surface area contributed by atoms with E-state index in [2.05, 4.69) is 10.1 Å². The Balaban J connectivity index is 1.72. The van der Waals surface area contributed by atoms with Crippen LogP contribution in [0.2, 0.25) is 0 Å². The molecular formula is C20H14F3N5. The lowest BCUT2D eigenvalue weighted by Gasteiger charge is -2.02. The van der Waals surface area contributed by atoms with Gasteiger partial charge in [-0.2, -0.15) is 18.3 Å². The maximum Gasteiger partial charge on any atom is 0.432 e. The molecule has 0 bridgehead atoms. The Hall–Kier alpha value is -3.55. The molecule has 1 N–H and O–H groups in total. The van der Waals surface area contributed by atoms with Crippen molar-refractivity contribution in [3.8, 4) is 17.3 Å². The normalized spacial score (nSPS) is 12.3. The van der Waals surface area contributed by atoms with Crippen molar-refractivity contribution >= 4 is 21.8 Å². The maximum absolute atomic E-state index is 12.9. The Labute approximate surface area is 157 Å². The van der Waals surface area contributed by atoms with Crippen molar-refractivity contribution in [2.75, 3.05) is 0 Å². The number of nitrogens with one attached hydrogen (secondary N) is 1. The fraction of sp³-hybridized carbons (Fsp3) is 0.100. The number of para-hydroxylation sites is 2. The minimum Gasteiger partial charge on any atom is -0.330 e. The average molecular weight is 381 g/mol. The fourth-order valence-corrected chi connectivity index (χ4v) is 3.55. The molecule has 140 valence electrons. The van der Waals surface area contributed by atoms with Crippen molar-refractivity contribution in [3.05, 3.63) is 66.5 Å². The van der Waals surface area contributed by atoms with Crippen LogP contribution in [0, 0.1) is 0 Å². The van der Waals surface area contributed by atoms with Gasteiger partial charge in [0, 0.05) is 24.0 Å². The van der Waals surface area contributed by atoms with E-state index in [-0.39, 0.29) is 5.69 Å². The zero-order valence-corrected chi connectivity index (χ0v) is 14.7. The van der Waals surface area contributed by atoms with Crippen LogP contribution in [-0.2, 0) is 13.2 Å². The summed E-state index contributed by atoms with van der Waals surface area (Å²) in [6, 6.07) is 16.9. The quantitative estimate of drug-likeness (QED) is 0.472. The molecule has 2 aromatic carbocycles. The lowest BCUT2D eigenvalue weighted by molar-refractivity contribution is -0.141. The molecular weight excluding hydrogens is 367 g/mol. The van der Waals surface area contributed by atoms with Gasteiger partial charge in [-0.15, -0.1) is 0 Å². The van der Waals surface area contributed by atoms with E-state index < -0.39 is 11.9 Å². The Bertz CT molecular complexity index is 1270. The van der Waals surface area contributed by atoms with E-state index in [1.807, 2.05) is 58.2 Å². The molecule has 0 fully saturated rings. The predicted octanol–water partition coefficient (Wildman–Crippen LogP) is 4.93. The largest absolute Gasteiger partial charge is 0.432 e. The molecule has 5 nitrogen and oxygen atoms in total. The van der Waals surface area contributed by atoms with Gasteiger partial charge in [0.15, 0.2) is 11.6 Å². The second-order valence-corrected chi connectivity index (χ2v) is 6.57. The number of alkyl halides is 3. The van der Waals surface area contributed by atoms with Gasteiger partial charge in [-0.05, 0) is 18.2 Å². The molecule has 3 aromatic heterocycles. The number of hydrogen-bond acceptors (Lipinski definition) is 2. The summed E-state index contributed by atoms with van der Waals surface area (Å²) in [5.74, 6) is 0.968. The summed E-state index contributed by atoms with van der Waals surface area (Å²) in [5, 5.41) is 8.01. The molecule has 0 unspecified atom stereocenters. The fourth-order valence-electron chi connectivity index (χ4n) is 3.55. The molecule has 8 heteroatoms. The van der Waals surface area contributed by atoms with Crippen molar-refractivity contribution in [1.29, 1.82) is 0 Å². The second-order valence-electron chi connectivity index (χ2n) is 6.57. The molecule has 0 radical (unpaired) electrons. The van der Waals surface area contributed by atoms with Gasteiger partial charge in [0.2, 0.25) is 0 Å². The molecule has 0 aliphatic carbocycles. The smallest absolute Gasteiger partial charge is 0.330 e. The summed E-state index contributed by atoms with van der Waals surface area (Å²) in [7, 11) is 1.74. The first-order valence-corrected chi connectivity index (χ1v) is 8.58. The minimum atomic E-state index is -4.48. The molecule has 0 saturated carbocycles. The first-order valence-electron chi connectivity index (χ1n) is 8.58. The number of H-pyrrole nitrogens is 1. The monoisotopic (exact) mass is 381 g/mol. The van der Waals surface area contributed by atoms with E-state index in [1.54, 1.807) is 17.8 Å². The molecule has 0 aliphatic heterocycles. The zero-order chi connectivity index (χ0) is 19.5. The molecule has 0 amide bonds. The van der Waals surface area contributed by atoms with Gasteiger partial charge >= 0.3 is 6.18 Å². The molecule has 0 aliphatic rings. The SMILES string of the molecule is Cn1cc(-n2c3ccccc3c3ccccc32)nc1-c1cc(C(F)(F)F)[nH]n1. The van der Waals surface area contributed by atoms with Crippen molar-refractivity contribution in [2.45, 2.75) is 6.18 Å². The third-order valence-electron chi connectivity index (χ3n) is 4.79. The highest BCUT2D eigenvalue weighted by Crippen LogP contribution is 2.33. The van der Waals surface area contributed by atoms with Crippen LogP contribution in [0.15, 0.2) is 60.8 Å². The topological polar surface area (TPSA) is 51.4 Å². The van der Waals surface area contributed by atoms with Crippen LogP contribution >= 0.6 is 0 Å². The third kappa shape index (κ3) is 2.41. The predicted molar refractivity (Wildman–Crippen MR) is 100 cm³/mol. The average Bonchev–Trinajstić information content (AvgIpc) is 3.36. The van der Waals surface area contributed by atoms with Crippen molar-refractivity contribution in [2.24, 2.45) is 7.05 Å². The summed E-state index contributed by atoms with van der Waals surface area (Å²) in [4.78, 5) is 4.59. The van der Waals surface area contributed by atoms with Crippen molar-refractivity contribution < 1.29 is 13.2 Å². The van der Waals surface area contributed by atoms with Gasteiger partial charge in [-0.25, -0.2) is 4.98 Å². The number of hydrogen-bond donors (Lipinski definition) is 1. The van der Waals surface area contributed by atoms with E-state index in [9.17, 15) is 13.2 Å². The molecule has 0 atom stereocenters. The molecule has 28 heavy (non-hydrogen) atoms. The van der Waals surface area contributed by atoms with Gasteiger partial charge in [-0.3, -0.25) is 9.67 Å². The highest BCUT2D eigenvalue weighted by atomic mass is 19.4. The number of nitrogens with zero attached hydrogens (tertiary/aromatic N) is 4. The first-order chi connectivity index (χ1) is 13.4. The van der Waals surface area contributed by atoms with Crippen LogP contribution in [0.5, 0.6) is 0 Å². The Morgan fingerprint density at radius 1 is 0.929 bits per heavy atom. The second kappa shape index (κ2) is 5.72. The van der Waals surface area contributed by atoms with E-state index in [0.29, 0.717) is 11.6 Å². The number of aromatic amines is 1. The number of benzene rings is 2. The number of aromatic nitrogens is 5. The number of imidazole rings is 1. The number of rotatable bonds is 2. The molecule has 5 aromatic rings. The lowest BCUT2D eigenvalue weighted by atomic mass is 10.2. The van der Waals surface area contributed by atoms with Crippen LogP contribution < -0.4 is 0 Å². The van der Waals surface area contributed by atoms with E-state index in [4.69, 9.17) is 0 Å². The molecule has 0 spiro atoms. The molecule has 0 saturated heterocycles. The summed E-state index contributed by atoms with van der Waals surface area (Å²) in [6.45, 7) is 0. The summed E-state index contributed by atoms with van der Waals surface area (Å²) in [5.41, 5.74) is 1.20. The highest BCUT2D eigenvalue weighted by molar-refractivity contribution is 6.09. The zero-order valence-electron chi connectivity index (χ0n) is 14.7. The van der Waals surface area contributed by atoms with Crippen LogP contribution in [0.3, 0.4) is 0 Å². The van der Waals surface area contributed by atoms with Crippen molar-refractivity contribution in [1.82, 2.24) is 24.3 Å². The van der Waals surface area contributed by atoms with E-state index >= 15 is 0 Å². The Morgan fingerprint density at radius 3 is 2.11 bits per heavy atom. The third-order valence-corrected chi connectivity index (χ3v) is 4.79. The van der Waals surface area contributed by atoms with Gasteiger partial charge in [0.05, 0.1) is 11.0 Å². The summed E-state index contributed by atoms with van der Waals surface area (Å²) >= 11 is 0. The first kappa shape index (κ1) is 16.6. The van der Waals surface area contributed by atoms with Gasteiger partial charge < -0.3 is 4.57 Å². The number of halogens is 3. The standard InChI is InChI=1S/C20H14F3N5/c1-27-11-18(24-19(27)14-10-17(26-25-14)20(21,22)23)28-15-8-4-2-6-12(15)13-7-3-5-9-16(13)28/h2-11H,1H3,(H,25,26). The van der Waals surface area contributed by atoms with Crippen LogP contribution in [0.1, 0.15) is 5.69 Å². The molecule has 5 rings (SSSR count). The van der Waals surface area contributed by atoms with E-state index in [1.165, 1.54) is 0 Å². The lowest BCUT2D eigenvalue weighted by Crippen LogP contribution is -2.04. The van der Waals surface area contributed by atoms with Crippen LogP contribution in [0.4, 0.5) is 13.2 Å². The Morgan fingerprint density at radius 2 is 1.54 bits per heavy atom. The van der Waals surface area contributed by atoms with Gasteiger partial charge in [0.25, 0.3) is 0 Å². The van der Waals surface area contributed by atoms with Crippen molar-refractivity contribution in [3.63, 3.8) is 0 Å².